The average molecular weight is 314 g/mol. The summed E-state index contributed by atoms with van der Waals surface area (Å²) in [5.74, 6) is -0.363. The van der Waals surface area contributed by atoms with Crippen molar-refractivity contribution in [2.45, 2.75) is 26.7 Å². The van der Waals surface area contributed by atoms with Gasteiger partial charge in [-0.1, -0.05) is 6.07 Å². The molecule has 0 saturated carbocycles. The number of carboxylic acid groups (broad SMARTS) is 1. The van der Waals surface area contributed by atoms with Gasteiger partial charge in [0, 0.05) is 35.7 Å². The SMILES string of the molecule is CCOc1ncc(C)c2c(N3CCCC(C(=O)O)C3)cccc12. The maximum atomic E-state index is 11.3. The van der Waals surface area contributed by atoms with Crippen LogP contribution >= 0.6 is 0 Å². The number of aryl methyl sites for hydroxylation is 1. The Hall–Kier alpha value is -2.30. The molecule has 0 radical (unpaired) electrons. The van der Waals surface area contributed by atoms with E-state index in [-0.39, 0.29) is 5.92 Å². The molecule has 3 rings (SSSR count). The molecule has 1 N–H and O–H groups in total. The molecule has 2 aromatic rings. The quantitative estimate of drug-likeness (QED) is 0.938. The molecule has 2 heterocycles. The Labute approximate surface area is 135 Å². The lowest BCUT2D eigenvalue weighted by molar-refractivity contribution is -0.141. The van der Waals surface area contributed by atoms with E-state index in [4.69, 9.17) is 4.74 Å². The number of fused-ring (bicyclic) bond motifs is 1. The average Bonchev–Trinajstić information content (AvgIpc) is 2.57. The standard InChI is InChI=1S/C18H22N2O3/c1-3-23-17-14-7-4-8-15(16(14)12(2)10-19-17)20-9-5-6-13(11-20)18(21)22/h4,7-8,10,13H,3,5-6,9,11H2,1-2H3,(H,21,22). The number of anilines is 1. The third-order valence-electron chi connectivity index (χ3n) is 4.44. The summed E-state index contributed by atoms with van der Waals surface area (Å²) in [5.41, 5.74) is 2.16. The molecule has 1 unspecified atom stereocenters. The highest BCUT2D eigenvalue weighted by molar-refractivity contribution is 5.99. The van der Waals surface area contributed by atoms with E-state index in [2.05, 4.69) is 16.0 Å². The predicted octanol–water partition coefficient (Wildman–Crippen LogP) is 3.24. The zero-order valence-corrected chi connectivity index (χ0v) is 13.6. The minimum Gasteiger partial charge on any atom is -0.481 e. The molecule has 0 amide bonds. The number of carbonyl (C=O) groups is 1. The van der Waals surface area contributed by atoms with E-state index in [1.807, 2.05) is 32.2 Å². The van der Waals surface area contributed by atoms with Crippen LogP contribution in [0.3, 0.4) is 0 Å². The van der Waals surface area contributed by atoms with Gasteiger partial charge in [0.2, 0.25) is 5.88 Å². The Morgan fingerprint density at radius 1 is 1.48 bits per heavy atom. The van der Waals surface area contributed by atoms with Crippen molar-refractivity contribution < 1.29 is 14.6 Å². The summed E-state index contributed by atoms with van der Waals surface area (Å²) in [7, 11) is 0. The minimum absolute atomic E-state index is 0.299. The van der Waals surface area contributed by atoms with Crippen molar-refractivity contribution in [2.24, 2.45) is 5.92 Å². The second-order valence-corrected chi connectivity index (χ2v) is 6.00. The molecule has 122 valence electrons. The lowest BCUT2D eigenvalue weighted by Gasteiger charge is -2.33. The first-order valence-corrected chi connectivity index (χ1v) is 8.10. The summed E-state index contributed by atoms with van der Waals surface area (Å²) in [6, 6.07) is 6.07. The summed E-state index contributed by atoms with van der Waals surface area (Å²) >= 11 is 0. The topological polar surface area (TPSA) is 62.7 Å². The van der Waals surface area contributed by atoms with Gasteiger partial charge in [0.15, 0.2) is 0 Å². The minimum atomic E-state index is -0.705. The van der Waals surface area contributed by atoms with Gasteiger partial charge in [-0.25, -0.2) is 4.98 Å². The normalized spacial score (nSPS) is 18.2. The van der Waals surface area contributed by atoms with Crippen LogP contribution in [0, 0.1) is 12.8 Å². The molecule has 0 spiro atoms. The Morgan fingerprint density at radius 3 is 3.04 bits per heavy atom. The number of piperidine rings is 1. The highest BCUT2D eigenvalue weighted by Gasteiger charge is 2.26. The molecule has 1 aromatic heterocycles. The monoisotopic (exact) mass is 314 g/mol. The number of hydrogen-bond donors (Lipinski definition) is 1. The van der Waals surface area contributed by atoms with Crippen LogP contribution in [0.25, 0.3) is 10.8 Å². The molecule has 1 atom stereocenters. The fourth-order valence-electron chi connectivity index (χ4n) is 3.34. The molecule has 1 saturated heterocycles. The Bertz CT molecular complexity index is 730. The van der Waals surface area contributed by atoms with Crippen molar-refractivity contribution in [3.63, 3.8) is 0 Å². The maximum Gasteiger partial charge on any atom is 0.308 e. The van der Waals surface area contributed by atoms with Crippen LogP contribution < -0.4 is 9.64 Å². The third kappa shape index (κ3) is 2.96. The van der Waals surface area contributed by atoms with Gasteiger partial charge in [-0.05, 0) is 44.4 Å². The van der Waals surface area contributed by atoms with Gasteiger partial charge in [0.25, 0.3) is 0 Å². The van der Waals surface area contributed by atoms with Crippen LogP contribution in [0.1, 0.15) is 25.3 Å². The molecule has 1 aliphatic heterocycles. The van der Waals surface area contributed by atoms with Gasteiger partial charge in [-0.3, -0.25) is 4.79 Å². The number of carboxylic acids is 1. The van der Waals surface area contributed by atoms with Gasteiger partial charge >= 0.3 is 5.97 Å². The molecule has 1 aliphatic rings. The van der Waals surface area contributed by atoms with Gasteiger partial charge in [-0.15, -0.1) is 0 Å². The molecular weight excluding hydrogens is 292 g/mol. The van der Waals surface area contributed by atoms with E-state index in [1.165, 1.54) is 0 Å². The van der Waals surface area contributed by atoms with Crippen LogP contribution in [0.15, 0.2) is 24.4 Å². The second kappa shape index (κ2) is 6.44. The van der Waals surface area contributed by atoms with Crippen molar-refractivity contribution in [3.8, 4) is 5.88 Å². The maximum absolute atomic E-state index is 11.3. The molecule has 5 nitrogen and oxygen atoms in total. The summed E-state index contributed by atoms with van der Waals surface area (Å²) in [6.07, 6.45) is 3.48. The first kappa shape index (κ1) is 15.6. The summed E-state index contributed by atoms with van der Waals surface area (Å²) in [6.45, 7) is 5.99. The predicted molar refractivity (Wildman–Crippen MR) is 90.2 cm³/mol. The Kier molecular flexibility index (Phi) is 4.37. The molecule has 1 fully saturated rings. The lowest BCUT2D eigenvalue weighted by atomic mass is 9.96. The number of benzene rings is 1. The van der Waals surface area contributed by atoms with E-state index < -0.39 is 5.97 Å². The van der Waals surface area contributed by atoms with Crippen molar-refractivity contribution >= 4 is 22.4 Å². The zero-order chi connectivity index (χ0) is 16.4. The number of aliphatic carboxylic acids is 1. The number of ether oxygens (including phenoxy) is 1. The van der Waals surface area contributed by atoms with Crippen molar-refractivity contribution in [2.75, 3.05) is 24.6 Å². The Morgan fingerprint density at radius 2 is 2.30 bits per heavy atom. The van der Waals surface area contributed by atoms with Crippen LogP contribution in [0.2, 0.25) is 0 Å². The molecular formula is C18H22N2O3. The largest absolute Gasteiger partial charge is 0.481 e. The summed E-state index contributed by atoms with van der Waals surface area (Å²) in [5, 5.41) is 11.4. The van der Waals surface area contributed by atoms with Gasteiger partial charge in [0.1, 0.15) is 0 Å². The molecule has 5 heteroatoms. The highest BCUT2D eigenvalue weighted by atomic mass is 16.5. The van der Waals surface area contributed by atoms with Crippen LogP contribution in [-0.4, -0.2) is 35.8 Å². The van der Waals surface area contributed by atoms with Crippen LogP contribution in [0.4, 0.5) is 5.69 Å². The second-order valence-electron chi connectivity index (χ2n) is 6.00. The lowest BCUT2D eigenvalue weighted by Crippen LogP contribution is -2.38. The molecule has 0 bridgehead atoms. The highest BCUT2D eigenvalue weighted by Crippen LogP contribution is 2.35. The molecule has 0 aliphatic carbocycles. The van der Waals surface area contributed by atoms with Gasteiger partial charge < -0.3 is 14.7 Å². The Balaban J connectivity index is 2.07. The fraction of sp³-hybridized carbons (Fsp3) is 0.444. The van der Waals surface area contributed by atoms with E-state index >= 15 is 0 Å². The van der Waals surface area contributed by atoms with Crippen LogP contribution in [0.5, 0.6) is 5.88 Å². The smallest absolute Gasteiger partial charge is 0.308 e. The summed E-state index contributed by atoms with van der Waals surface area (Å²) in [4.78, 5) is 17.9. The van der Waals surface area contributed by atoms with Crippen LogP contribution in [-0.2, 0) is 4.79 Å². The van der Waals surface area contributed by atoms with Gasteiger partial charge in [-0.2, -0.15) is 0 Å². The van der Waals surface area contributed by atoms with Crippen molar-refractivity contribution in [1.82, 2.24) is 4.98 Å². The zero-order valence-electron chi connectivity index (χ0n) is 13.6. The third-order valence-corrected chi connectivity index (χ3v) is 4.44. The van der Waals surface area contributed by atoms with E-state index in [9.17, 15) is 9.90 Å². The first-order valence-electron chi connectivity index (χ1n) is 8.10. The van der Waals surface area contributed by atoms with Gasteiger partial charge in [0.05, 0.1) is 12.5 Å². The fourth-order valence-corrected chi connectivity index (χ4v) is 3.34. The van der Waals surface area contributed by atoms with Crippen molar-refractivity contribution in [3.05, 3.63) is 30.0 Å². The van der Waals surface area contributed by atoms with E-state index in [0.717, 1.165) is 41.4 Å². The van der Waals surface area contributed by atoms with E-state index in [1.54, 1.807) is 0 Å². The number of nitrogens with zero attached hydrogens (tertiary/aromatic N) is 2. The number of pyridine rings is 1. The number of aromatic nitrogens is 1. The molecule has 1 aromatic carbocycles. The first-order chi connectivity index (χ1) is 11.1. The molecule has 23 heavy (non-hydrogen) atoms. The van der Waals surface area contributed by atoms with Crippen molar-refractivity contribution in [1.29, 1.82) is 0 Å². The number of hydrogen-bond acceptors (Lipinski definition) is 4. The summed E-state index contributed by atoms with van der Waals surface area (Å²) < 4.78 is 5.65. The number of rotatable bonds is 4. The van der Waals surface area contributed by atoms with E-state index in [0.29, 0.717) is 19.0 Å².